The average Bonchev–Trinajstić information content (AvgIpc) is 2.91. The van der Waals surface area contributed by atoms with Crippen LogP contribution in [0.2, 0.25) is 10.0 Å². The van der Waals surface area contributed by atoms with Gasteiger partial charge in [-0.25, -0.2) is 0 Å². The Morgan fingerprint density at radius 1 is 1.11 bits per heavy atom. The van der Waals surface area contributed by atoms with Crippen molar-refractivity contribution in [2.24, 2.45) is 0 Å². The molecule has 2 amide bonds. The van der Waals surface area contributed by atoms with Gasteiger partial charge in [-0.1, -0.05) is 41.4 Å². The number of hydrogen-bond donors (Lipinski definition) is 0. The summed E-state index contributed by atoms with van der Waals surface area (Å²) in [5.41, 5.74) is 1.46. The molecule has 8 heteroatoms. The van der Waals surface area contributed by atoms with E-state index in [0.29, 0.717) is 26.3 Å². The minimum Gasteiger partial charge on any atom is -0.479 e. The van der Waals surface area contributed by atoms with Crippen molar-refractivity contribution in [3.05, 3.63) is 68.5 Å². The summed E-state index contributed by atoms with van der Waals surface area (Å²) in [4.78, 5) is 26.3. The van der Waals surface area contributed by atoms with Crippen molar-refractivity contribution in [1.82, 2.24) is 4.90 Å². The van der Waals surface area contributed by atoms with Crippen molar-refractivity contribution < 1.29 is 14.3 Å². The maximum absolute atomic E-state index is 12.6. The van der Waals surface area contributed by atoms with E-state index in [1.807, 2.05) is 6.07 Å². The predicted molar refractivity (Wildman–Crippen MR) is 106 cm³/mol. The number of nitrogens with zero attached hydrogens (tertiary/aromatic N) is 2. The Kier molecular flexibility index (Phi) is 6.07. The number of imide groups is 1. The summed E-state index contributed by atoms with van der Waals surface area (Å²) < 4.78 is 5.18. The largest absolute Gasteiger partial charge is 0.479 e. The summed E-state index contributed by atoms with van der Waals surface area (Å²) >= 11 is 12.8. The number of benzene rings is 2. The van der Waals surface area contributed by atoms with E-state index in [1.165, 1.54) is 4.90 Å². The molecule has 5 nitrogen and oxygen atoms in total. The molecule has 0 aliphatic carbocycles. The van der Waals surface area contributed by atoms with E-state index in [-0.39, 0.29) is 24.3 Å². The van der Waals surface area contributed by atoms with Crippen LogP contribution in [0.25, 0.3) is 6.08 Å². The Morgan fingerprint density at radius 2 is 1.85 bits per heavy atom. The minimum atomic E-state index is -0.360. The number of carbonyl (C=O) groups excluding carboxylic acids is 2. The van der Waals surface area contributed by atoms with Gasteiger partial charge in [-0.2, -0.15) is 5.26 Å². The van der Waals surface area contributed by atoms with Crippen molar-refractivity contribution in [2.75, 3.05) is 6.61 Å². The van der Waals surface area contributed by atoms with Gasteiger partial charge in [-0.05, 0) is 53.2 Å². The van der Waals surface area contributed by atoms with Crippen molar-refractivity contribution in [2.45, 2.75) is 6.54 Å². The number of carbonyl (C=O) groups is 2. The molecule has 2 aromatic carbocycles. The lowest BCUT2D eigenvalue weighted by molar-refractivity contribution is -0.123. The van der Waals surface area contributed by atoms with Crippen LogP contribution in [0.5, 0.6) is 5.75 Å². The Balaban J connectivity index is 1.74. The topological polar surface area (TPSA) is 70.4 Å². The summed E-state index contributed by atoms with van der Waals surface area (Å²) in [7, 11) is 0. The zero-order valence-corrected chi connectivity index (χ0v) is 16.1. The molecule has 0 radical (unpaired) electrons. The highest BCUT2D eigenvalue weighted by atomic mass is 35.5. The lowest BCUT2D eigenvalue weighted by atomic mass is 10.2. The number of hydrogen-bond acceptors (Lipinski definition) is 5. The van der Waals surface area contributed by atoms with Gasteiger partial charge < -0.3 is 4.74 Å². The number of rotatable bonds is 5. The Hall–Kier alpha value is -2.46. The van der Waals surface area contributed by atoms with Gasteiger partial charge in [-0.15, -0.1) is 0 Å². The monoisotopic (exact) mass is 418 g/mol. The normalized spacial score (nSPS) is 15.3. The first-order valence-corrected chi connectivity index (χ1v) is 9.34. The Labute approximate surface area is 170 Å². The van der Waals surface area contributed by atoms with Crippen molar-refractivity contribution >= 4 is 52.2 Å². The number of amides is 2. The lowest BCUT2D eigenvalue weighted by Crippen LogP contribution is -2.27. The fraction of sp³-hybridized carbons (Fsp3) is 0.105. The molecule has 0 spiro atoms. The van der Waals surface area contributed by atoms with Gasteiger partial charge in [0.15, 0.2) is 6.61 Å². The molecule has 1 aliphatic rings. The first-order chi connectivity index (χ1) is 13.0. The van der Waals surface area contributed by atoms with Crippen LogP contribution in [-0.4, -0.2) is 22.7 Å². The number of halogens is 2. The Morgan fingerprint density at radius 3 is 2.52 bits per heavy atom. The van der Waals surface area contributed by atoms with Gasteiger partial charge >= 0.3 is 0 Å². The van der Waals surface area contributed by atoms with Crippen molar-refractivity contribution in [3.63, 3.8) is 0 Å². The molecule has 1 aliphatic heterocycles. The van der Waals surface area contributed by atoms with Crippen LogP contribution in [0, 0.1) is 11.3 Å². The van der Waals surface area contributed by atoms with Gasteiger partial charge in [0.1, 0.15) is 11.8 Å². The zero-order valence-electron chi connectivity index (χ0n) is 13.8. The van der Waals surface area contributed by atoms with Crippen LogP contribution < -0.4 is 4.74 Å². The van der Waals surface area contributed by atoms with E-state index in [4.69, 9.17) is 33.2 Å². The fourth-order valence-corrected chi connectivity index (χ4v) is 3.54. The van der Waals surface area contributed by atoms with Crippen LogP contribution in [0.15, 0.2) is 47.4 Å². The van der Waals surface area contributed by atoms with Crippen LogP contribution in [0.4, 0.5) is 4.79 Å². The van der Waals surface area contributed by atoms with Crippen molar-refractivity contribution in [1.29, 1.82) is 5.26 Å². The SMILES string of the molecule is N#CCOc1ccc(/C=C2\SC(=O)N(Cc3ccc(Cl)c(Cl)c3)C2=O)cc1. The third-order valence-electron chi connectivity index (χ3n) is 3.68. The fourth-order valence-electron chi connectivity index (χ4n) is 2.38. The molecule has 136 valence electrons. The molecule has 0 atom stereocenters. The molecular formula is C19H12Cl2N2O3S. The molecule has 1 saturated heterocycles. The molecule has 1 fully saturated rings. The maximum Gasteiger partial charge on any atom is 0.293 e. The van der Waals surface area contributed by atoms with E-state index in [9.17, 15) is 9.59 Å². The zero-order chi connectivity index (χ0) is 19.4. The smallest absolute Gasteiger partial charge is 0.293 e. The second-order valence-electron chi connectivity index (χ2n) is 5.53. The maximum atomic E-state index is 12.6. The van der Waals surface area contributed by atoms with Crippen LogP contribution in [0.1, 0.15) is 11.1 Å². The molecule has 0 unspecified atom stereocenters. The summed E-state index contributed by atoms with van der Waals surface area (Å²) in [6, 6.07) is 13.8. The van der Waals surface area contributed by atoms with Crippen molar-refractivity contribution in [3.8, 4) is 11.8 Å². The highest BCUT2D eigenvalue weighted by molar-refractivity contribution is 8.18. The average molecular weight is 419 g/mol. The number of thioether (sulfide) groups is 1. The van der Waals surface area contributed by atoms with E-state index in [0.717, 1.165) is 17.3 Å². The van der Waals surface area contributed by atoms with E-state index < -0.39 is 0 Å². The van der Waals surface area contributed by atoms with Gasteiger partial charge in [0.25, 0.3) is 11.1 Å². The first kappa shape index (κ1) is 19.3. The lowest BCUT2D eigenvalue weighted by Gasteiger charge is -2.12. The molecule has 0 aromatic heterocycles. The third kappa shape index (κ3) is 4.64. The molecule has 1 heterocycles. The van der Waals surface area contributed by atoms with Crippen LogP contribution in [-0.2, 0) is 11.3 Å². The molecule has 27 heavy (non-hydrogen) atoms. The summed E-state index contributed by atoms with van der Waals surface area (Å²) in [6.45, 7) is 0.0901. The second-order valence-corrected chi connectivity index (χ2v) is 7.34. The highest BCUT2D eigenvalue weighted by Crippen LogP contribution is 2.34. The van der Waals surface area contributed by atoms with Gasteiger partial charge in [0.2, 0.25) is 0 Å². The van der Waals surface area contributed by atoms with E-state index in [1.54, 1.807) is 48.5 Å². The molecule has 2 aromatic rings. The van der Waals surface area contributed by atoms with Gasteiger partial charge in [-0.3, -0.25) is 14.5 Å². The summed E-state index contributed by atoms with van der Waals surface area (Å²) in [5.74, 6) is 0.197. The highest BCUT2D eigenvalue weighted by Gasteiger charge is 2.35. The van der Waals surface area contributed by atoms with Gasteiger partial charge in [0.05, 0.1) is 21.5 Å². The van der Waals surface area contributed by atoms with Crippen LogP contribution in [0.3, 0.4) is 0 Å². The summed E-state index contributed by atoms with van der Waals surface area (Å²) in [6.07, 6.45) is 1.65. The quantitative estimate of drug-likeness (QED) is 0.629. The standard InChI is InChI=1S/C19H12Cl2N2O3S/c20-15-6-3-13(9-16(15)21)11-23-18(24)17(27-19(23)25)10-12-1-4-14(5-2-12)26-8-7-22/h1-6,9-10H,8,11H2/b17-10-. The summed E-state index contributed by atoms with van der Waals surface area (Å²) in [5, 5.41) is 8.95. The van der Waals surface area contributed by atoms with Gasteiger partial charge in [0, 0.05) is 0 Å². The molecular weight excluding hydrogens is 407 g/mol. The number of ether oxygens (including phenoxy) is 1. The Bertz CT molecular complexity index is 968. The third-order valence-corrected chi connectivity index (χ3v) is 5.33. The predicted octanol–water partition coefficient (Wildman–Crippen LogP) is 5.13. The first-order valence-electron chi connectivity index (χ1n) is 7.77. The molecule has 0 N–H and O–H groups in total. The van der Waals surface area contributed by atoms with Crippen LogP contribution >= 0.6 is 35.0 Å². The second kappa shape index (κ2) is 8.49. The van der Waals surface area contributed by atoms with E-state index in [2.05, 4.69) is 0 Å². The minimum absolute atomic E-state index is 0.0348. The number of nitriles is 1. The molecule has 0 bridgehead atoms. The van der Waals surface area contributed by atoms with E-state index >= 15 is 0 Å². The molecule has 3 rings (SSSR count). The molecule has 0 saturated carbocycles.